The highest BCUT2D eigenvalue weighted by molar-refractivity contribution is 7.99. The van der Waals surface area contributed by atoms with Crippen LogP contribution in [-0.2, 0) is 20.9 Å². The molecule has 1 heterocycles. The Morgan fingerprint density at radius 3 is 2.58 bits per heavy atom. The van der Waals surface area contributed by atoms with E-state index in [-0.39, 0.29) is 24.8 Å². The fourth-order valence-corrected chi connectivity index (χ4v) is 3.52. The van der Waals surface area contributed by atoms with Crippen LogP contribution in [0.4, 0.5) is 0 Å². The smallest absolute Gasteiger partial charge is 0.244 e. The Morgan fingerprint density at radius 1 is 1.10 bits per heavy atom. The summed E-state index contributed by atoms with van der Waals surface area (Å²) in [6.07, 6.45) is 5.45. The van der Waals surface area contributed by atoms with Gasteiger partial charge in [0.1, 0.15) is 6.04 Å². The first-order chi connectivity index (χ1) is 15.1. The molecule has 0 fully saturated rings. The molecular weight excluding hydrogens is 416 g/mol. The number of amides is 3. The highest BCUT2D eigenvalue weighted by Gasteiger charge is 2.20. The molecule has 9 heteroatoms. The fraction of sp³-hybridized carbons (Fsp3) is 0.273. The van der Waals surface area contributed by atoms with Crippen molar-refractivity contribution in [1.82, 2.24) is 21.1 Å². The van der Waals surface area contributed by atoms with Gasteiger partial charge in [-0.15, -0.1) is 0 Å². The number of aromatic nitrogens is 1. The summed E-state index contributed by atoms with van der Waals surface area (Å²) in [5.74, 6) is -0.188. The zero-order valence-electron chi connectivity index (χ0n) is 17.0. The number of carbonyl (C=O) groups is 3. The molecule has 0 bridgehead atoms. The van der Waals surface area contributed by atoms with Crippen molar-refractivity contribution in [3.8, 4) is 0 Å². The minimum atomic E-state index is -0.742. The molecule has 1 atom stereocenters. The van der Waals surface area contributed by atoms with Crippen molar-refractivity contribution in [1.29, 1.82) is 0 Å². The monoisotopic (exact) mass is 442 g/mol. The lowest BCUT2D eigenvalue weighted by Gasteiger charge is -2.17. The molecule has 4 N–H and O–H groups in total. The minimum absolute atomic E-state index is 0.187. The number of nitrogens with one attached hydrogen (secondary N) is 3. The topological polar surface area (TPSA) is 120 Å². The van der Waals surface area contributed by atoms with Crippen molar-refractivity contribution < 1.29 is 19.6 Å². The maximum atomic E-state index is 12.7. The van der Waals surface area contributed by atoms with Gasteiger partial charge in [0.05, 0.1) is 12.2 Å². The van der Waals surface area contributed by atoms with Crippen molar-refractivity contribution in [3.63, 3.8) is 0 Å². The lowest BCUT2D eigenvalue weighted by Crippen LogP contribution is -2.47. The van der Waals surface area contributed by atoms with Gasteiger partial charge in [-0.1, -0.05) is 36.4 Å². The number of hydroxylamine groups is 1. The van der Waals surface area contributed by atoms with Crippen LogP contribution in [0.25, 0.3) is 6.08 Å². The number of nitrogens with zero attached hydrogens (tertiary/aromatic N) is 1. The fourth-order valence-electron chi connectivity index (χ4n) is 2.53. The molecule has 164 valence electrons. The molecule has 8 nitrogen and oxygen atoms in total. The Kier molecular flexibility index (Phi) is 10.8. The van der Waals surface area contributed by atoms with Crippen LogP contribution in [0.1, 0.15) is 24.1 Å². The van der Waals surface area contributed by atoms with Crippen molar-refractivity contribution in [2.24, 2.45) is 0 Å². The van der Waals surface area contributed by atoms with Crippen LogP contribution in [0.2, 0.25) is 0 Å². The normalized spacial score (nSPS) is 11.6. The first-order valence-electron chi connectivity index (χ1n) is 9.80. The van der Waals surface area contributed by atoms with Crippen molar-refractivity contribution in [3.05, 3.63) is 72.1 Å². The van der Waals surface area contributed by atoms with E-state index in [4.69, 9.17) is 5.21 Å². The van der Waals surface area contributed by atoms with Crippen LogP contribution in [-0.4, -0.2) is 45.5 Å². The number of hydrogen-bond acceptors (Lipinski definition) is 6. The van der Waals surface area contributed by atoms with Gasteiger partial charge < -0.3 is 10.6 Å². The van der Waals surface area contributed by atoms with Crippen LogP contribution >= 0.6 is 11.8 Å². The van der Waals surface area contributed by atoms with Gasteiger partial charge in [0, 0.05) is 24.4 Å². The molecule has 2 rings (SSSR count). The lowest BCUT2D eigenvalue weighted by molar-refractivity contribution is -0.129. The average Bonchev–Trinajstić information content (AvgIpc) is 2.81. The SMILES string of the molecule is O=C(/C=C/c1ccccc1)N[C@@H](CSCCCC(=O)NO)C(=O)NCc1ccccn1. The average molecular weight is 443 g/mol. The molecule has 1 aromatic carbocycles. The quantitative estimate of drug-likeness (QED) is 0.173. The number of benzene rings is 1. The zero-order valence-corrected chi connectivity index (χ0v) is 17.8. The predicted molar refractivity (Wildman–Crippen MR) is 120 cm³/mol. The van der Waals surface area contributed by atoms with E-state index in [0.717, 1.165) is 5.56 Å². The lowest BCUT2D eigenvalue weighted by atomic mass is 10.2. The Labute approximate surface area is 185 Å². The molecule has 0 saturated carbocycles. The van der Waals surface area contributed by atoms with Crippen LogP contribution in [0, 0.1) is 0 Å². The summed E-state index contributed by atoms with van der Waals surface area (Å²) in [5, 5.41) is 14.1. The van der Waals surface area contributed by atoms with Gasteiger partial charge in [0.2, 0.25) is 17.7 Å². The van der Waals surface area contributed by atoms with E-state index in [2.05, 4.69) is 15.6 Å². The van der Waals surface area contributed by atoms with E-state index in [9.17, 15) is 14.4 Å². The Hall–Kier alpha value is -3.17. The van der Waals surface area contributed by atoms with Gasteiger partial charge in [-0.25, -0.2) is 5.48 Å². The summed E-state index contributed by atoms with van der Waals surface area (Å²) in [6, 6.07) is 14.1. The first-order valence-corrected chi connectivity index (χ1v) is 11.0. The molecule has 2 aromatic rings. The Bertz CT molecular complexity index is 862. The third kappa shape index (κ3) is 9.92. The van der Waals surface area contributed by atoms with E-state index < -0.39 is 11.9 Å². The highest BCUT2D eigenvalue weighted by Crippen LogP contribution is 2.08. The van der Waals surface area contributed by atoms with E-state index in [0.29, 0.717) is 23.6 Å². The maximum absolute atomic E-state index is 12.7. The second kappa shape index (κ2) is 13.9. The largest absolute Gasteiger partial charge is 0.349 e. The molecule has 0 aliphatic carbocycles. The maximum Gasteiger partial charge on any atom is 0.244 e. The number of pyridine rings is 1. The molecule has 0 aliphatic rings. The van der Waals surface area contributed by atoms with Crippen molar-refractivity contribution in [2.75, 3.05) is 11.5 Å². The molecule has 0 radical (unpaired) electrons. The molecule has 3 amide bonds. The zero-order chi connectivity index (χ0) is 22.3. The second-order valence-electron chi connectivity index (χ2n) is 6.56. The molecule has 0 aliphatic heterocycles. The van der Waals surface area contributed by atoms with Gasteiger partial charge >= 0.3 is 0 Å². The summed E-state index contributed by atoms with van der Waals surface area (Å²) < 4.78 is 0. The van der Waals surface area contributed by atoms with E-state index in [1.807, 2.05) is 36.4 Å². The predicted octanol–water partition coefficient (Wildman–Crippen LogP) is 1.91. The highest BCUT2D eigenvalue weighted by atomic mass is 32.2. The van der Waals surface area contributed by atoms with Crippen LogP contribution < -0.4 is 16.1 Å². The van der Waals surface area contributed by atoms with E-state index in [1.54, 1.807) is 29.9 Å². The van der Waals surface area contributed by atoms with E-state index in [1.165, 1.54) is 17.8 Å². The van der Waals surface area contributed by atoms with E-state index >= 15 is 0 Å². The minimum Gasteiger partial charge on any atom is -0.349 e. The third-order valence-corrected chi connectivity index (χ3v) is 5.28. The number of rotatable bonds is 12. The second-order valence-corrected chi connectivity index (χ2v) is 7.71. The summed E-state index contributed by atoms with van der Waals surface area (Å²) in [5.41, 5.74) is 3.18. The van der Waals surface area contributed by atoms with Gasteiger partial charge in [0.25, 0.3) is 0 Å². The van der Waals surface area contributed by atoms with Crippen LogP contribution in [0.3, 0.4) is 0 Å². The van der Waals surface area contributed by atoms with Gasteiger partial charge in [0.15, 0.2) is 0 Å². The summed E-state index contributed by atoms with van der Waals surface area (Å²) >= 11 is 1.44. The summed E-state index contributed by atoms with van der Waals surface area (Å²) in [7, 11) is 0. The molecule has 0 saturated heterocycles. The molecule has 0 spiro atoms. The summed E-state index contributed by atoms with van der Waals surface area (Å²) in [4.78, 5) is 40.2. The molecular formula is C22H26N4O4S. The number of hydrogen-bond donors (Lipinski definition) is 4. The van der Waals surface area contributed by atoms with Crippen LogP contribution in [0.5, 0.6) is 0 Å². The Morgan fingerprint density at radius 2 is 1.87 bits per heavy atom. The standard InChI is InChI=1S/C22H26N4O4S/c27-20(12-11-17-7-2-1-3-8-17)25-19(16-31-14-6-10-21(28)26-30)22(29)24-15-18-9-4-5-13-23-18/h1-5,7-9,11-13,19,30H,6,10,14-16H2,(H,24,29)(H,25,27)(H,26,28)/b12-11+/t19-/m0/s1. The van der Waals surface area contributed by atoms with Crippen molar-refractivity contribution in [2.45, 2.75) is 25.4 Å². The molecule has 31 heavy (non-hydrogen) atoms. The Balaban J connectivity index is 1.90. The van der Waals surface area contributed by atoms with Crippen LogP contribution in [0.15, 0.2) is 60.8 Å². The number of thioether (sulfide) groups is 1. The first kappa shape index (κ1) is 24.1. The molecule has 1 aromatic heterocycles. The van der Waals surface area contributed by atoms with Gasteiger partial charge in [-0.05, 0) is 35.9 Å². The molecule has 0 unspecified atom stereocenters. The third-order valence-electron chi connectivity index (χ3n) is 4.13. The van der Waals surface area contributed by atoms with Crippen molar-refractivity contribution >= 4 is 35.6 Å². The number of carbonyl (C=O) groups excluding carboxylic acids is 3. The van der Waals surface area contributed by atoms with Gasteiger partial charge in [-0.3, -0.25) is 24.6 Å². The summed E-state index contributed by atoms with van der Waals surface area (Å²) in [6.45, 7) is 0.257. The van der Waals surface area contributed by atoms with Gasteiger partial charge in [-0.2, -0.15) is 11.8 Å².